The maximum Gasteiger partial charge on any atom is 0.348 e. The van der Waals surface area contributed by atoms with Crippen LogP contribution in [0.4, 0.5) is 5.69 Å². The van der Waals surface area contributed by atoms with Crippen molar-refractivity contribution in [2.75, 3.05) is 17.7 Å². The summed E-state index contributed by atoms with van der Waals surface area (Å²) in [5.41, 5.74) is 2.59. The Kier molecular flexibility index (Phi) is 6.04. The van der Waals surface area contributed by atoms with E-state index in [-0.39, 0.29) is 23.5 Å². The smallest absolute Gasteiger partial charge is 0.348 e. The molecule has 1 saturated heterocycles. The number of nitrogens with zero attached hydrogens (tertiary/aromatic N) is 2. The molecule has 1 aliphatic heterocycles. The van der Waals surface area contributed by atoms with Crippen LogP contribution < -0.4 is 11.0 Å². The fraction of sp³-hybridized carbons (Fsp3) is 0.450. The Morgan fingerprint density at radius 1 is 1.36 bits per heavy atom. The zero-order chi connectivity index (χ0) is 19.5. The molecule has 0 spiro atoms. The Morgan fingerprint density at radius 3 is 3.04 bits per heavy atom. The number of benzene rings is 1. The molecule has 1 unspecified atom stereocenters. The van der Waals surface area contributed by atoms with Crippen molar-refractivity contribution in [1.82, 2.24) is 9.55 Å². The number of carbonyl (C=O) groups excluding carboxylic acids is 1. The highest BCUT2D eigenvalue weighted by Gasteiger charge is 2.25. The quantitative estimate of drug-likeness (QED) is 0.574. The van der Waals surface area contributed by atoms with Gasteiger partial charge in [0.05, 0.1) is 18.4 Å². The second kappa shape index (κ2) is 8.68. The summed E-state index contributed by atoms with van der Waals surface area (Å²) in [6.45, 7) is 1.35. The molecular weight excluding hydrogens is 398 g/mol. The van der Waals surface area contributed by atoms with Gasteiger partial charge < -0.3 is 10.1 Å². The van der Waals surface area contributed by atoms with Crippen molar-refractivity contribution in [3.8, 4) is 0 Å². The van der Waals surface area contributed by atoms with Crippen LogP contribution in [0.25, 0.3) is 0 Å². The molecule has 1 fully saturated rings. The van der Waals surface area contributed by atoms with Gasteiger partial charge in [0.1, 0.15) is 5.03 Å². The van der Waals surface area contributed by atoms with Gasteiger partial charge in [0.25, 0.3) is 0 Å². The average molecular weight is 420 g/mol. The number of anilines is 1. The number of halogens is 1. The van der Waals surface area contributed by atoms with Crippen LogP contribution in [0.2, 0.25) is 5.02 Å². The number of amides is 1. The highest BCUT2D eigenvalue weighted by atomic mass is 35.5. The SMILES string of the molecule is O=C(CSc1nc(=O)n(CC2CCCO2)c2c1CCC2)Nc1cccc(Cl)c1. The van der Waals surface area contributed by atoms with Gasteiger partial charge in [-0.05, 0) is 50.3 Å². The highest BCUT2D eigenvalue weighted by Crippen LogP contribution is 2.30. The topological polar surface area (TPSA) is 73.2 Å². The second-order valence-electron chi connectivity index (χ2n) is 7.07. The summed E-state index contributed by atoms with van der Waals surface area (Å²) in [6, 6.07) is 7.03. The third kappa shape index (κ3) is 4.42. The summed E-state index contributed by atoms with van der Waals surface area (Å²) >= 11 is 7.27. The van der Waals surface area contributed by atoms with E-state index in [1.807, 2.05) is 0 Å². The number of hydrogen-bond donors (Lipinski definition) is 1. The molecule has 0 saturated carbocycles. The number of aromatic nitrogens is 2. The first-order chi connectivity index (χ1) is 13.6. The Hall–Kier alpha value is -1.83. The van der Waals surface area contributed by atoms with Crippen LogP contribution in [0.15, 0.2) is 34.1 Å². The zero-order valence-electron chi connectivity index (χ0n) is 15.4. The summed E-state index contributed by atoms with van der Waals surface area (Å²) < 4.78 is 7.48. The molecule has 148 valence electrons. The summed E-state index contributed by atoms with van der Waals surface area (Å²) in [5.74, 6) is 0.0468. The number of thioether (sulfide) groups is 1. The van der Waals surface area contributed by atoms with Crippen molar-refractivity contribution < 1.29 is 9.53 Å². The summed E-state index contributed by atoms with van der Waals surface area (Å²) in [6.07, 6.45) is 4.92. The van der Waals surface area contributed by atoms with Gasteiger partial charge in [0.2, 0.25) is 5.91 Å². The lowest BCUT2D eigenvalue weighted by Crippen LogP contribution is -2.31. The first kappa shape index (κ1) is 19.5. The van der Waals surface area contributed by atoms with Crippen LogP contribution in [-0.4, -0.2) is 33.9 Å². The predicted octanol–water partition coefficient (Wildman–Crippen LogP) is 3.30. The molecule has 1 N–H and O–H groups in total. The van der Waals surface area contributed by atoms with Crippen molar-refractivity contribution in [1.29, 1.82) is 0 Å². The lowest BCUT2D eigenvalue weighted by atomic mass is 10.2. The number of carbonyl (C=O) groups is 1. The predicted molar refractivity (Wildman–Crippen MR) is 110 cm³/mol. The molecule has 2 aliphatic rings. The fourth-order valence-corrected chi connectivity index (χ4v) is 4.85. The summed E-state index contributed by atoms with van der Waals surface area (Å²) in [4.78, 5) is 29.2. The van der Waals surface area contributed by atoms with E-state index in [4.69, 9.17) is 16.3 Å². The van der Waals surface area contributed by atoms with Gasteiger partial charge in [0.15, 0.2) is 0 Å². The maximum atomic E-state index is 12.6. The molecule has 1 aliphatic carbocycles. The third-order valence-electron chi connectivity index (χ3n) is 5.06. The van der Waals surface area contributed by atoms with Crippen LogP contribution in [0, 0.1) is 0 Å². The van der Waals surface area contributed by atoms with Crippen molar-refractivity contribution in [2.45, 2.75) is 49.8 Å². The largest absolute Gasteiger partial charge is 0.376 e. The lowest BCUT2D eigenvalue weighted by molar-refractivity contribution is -0.113. The van der Waals surface area contributed by atoms with Gasteiger partial charge in [0, 0.05) is 28.6 Å². The Bertz CT molecular complexity index is 941. The van der Waals surface area contributed by atoms with Crippen LogP contribution in [0.1, 0.15) is 30.5 Å². The first-order valence-electron chi connectivity index (χ1n) is 9.52. The molecule has 0 bridgehead atoms. The van der Waals surface area contributed by atoms with E-state index in [2.05, 4.69) is 10.3 Å². The van der Waals surface area contributed by atoms with Crippen molar-refractivity contribution in [3.63, 3.8) is 0 Å². The van der Waals surface area contributed by atoms with E-state index in [0.717, 1.165) is 50.0 Å². The lowest BCUT2D eigenvalue weighted by Gasteiger charge is -2.17. The van der Waals surface area contributed by atoms with Gasteiger partial charge in [-0.25, -0.2) is 4.79 Å². The molecule has 28 heavy (non-hydrogen) atoms. The summed E-state index contributed by atoms with van der Waals surface area (Å²) in [7, 11) is 0. The Morgan fingerprint density at radius 2 is 2.25 bits per heavy atom. The van der Waals surface area contributed by atoms with Crippen LogP contribution >= 0.6 is 23.4 Å². The molecule has 1 atom stereocenters. The molecule has 1 aromatic heterocycles. The first-order valence-corrected chi connectivity index (χ1v) is 10.9. The Balaban J connectivity index is 1.46. The normalized spacial score (nSPS) is 18.2. The van der Waals surface area contributed by atoms with Gasteiger partial charge in [-0.1, -0.05) is 29.4 Å². The Labute approximate surface area is 172 Å². The summed E-state index contributed by atoms with van der Waals surface area (Å²) in [5, 5.41) is 4.08. The number of ether oxygens (including phenoxy) is 1. The van der Waals surface area contributed by atoms with E-state index < -0.39 is 0 Å². The molecule has 0 radical (unpaired) electrons. The van der Waals surface area contributed by atoms with Crippen LogP contribution in [0.3, 0.4) is 0 Å². The number of nitrogens with one attached hydrogen (secondary N) is 1. The molecule has 4 rings (SSSR count). The van der Waals surface area contributed by atoms with Crippen molar-refractivity contribution in [2.24, 2.45) is 0 Å². The maximum absolute atomic E-state index is 12.6. The zero-order valence-corrected chi connectivity index (χ0v) is 17.0. The average Bonchev–Trinajstić information content (AvgIpc) is 3.34. The molecular formula is C20H22ClN3O3S. The molecule has 8 heteroatoms. The van der Waals surface area contributed by atoms with E-state index in [1.165, 1.54) is 11.8 Å². The minimum Gasteiger partial charge on any atom is -0.376 e. The molecule has 1 aromatic carbocycles. The minimum absolute atomic E-state index is 0.103. The van der Waals surface area contributed by atoms with Crippen LogP contribution in [0.5, 0.6) is 0 Å². The number of hydrogen-bond acceptors (Lipinski definition) is 5. The molecule has 6 nitrogen and oxygen atoms in total. The van der Waals surface area contributed by atoms with E-state index in [0.29, 0.717) is 22.3 Å². The molecule has 2 aromatic rings. The van der Waals surface area contributed by atoms with Gasteiger partial charge in [-0.2, -0.15) is 4.98 Å². The third-order valence-corrected chi connectivity index (χ3v) is 6.31. The standard InChI is InChI=1S/C20H22ClN3O3S/c21-13-4-1-5-14(10-13)22-18(25)12-28-19-16-7-2-8-17(16)24(20(26)23-19)11-15-6-3-9-27-15/h1,4-5,10,15H,2-3,6-9,11-12H2,(H,22,25). The second-order valence-corrected chi connectivity index (χ2v) is 8.47. The van der Waals surface area contributed by atoms with Gasteiger partial charge in [-0.3, -0.25) is 9.36 Å². The van der Waals surface area contributed by atoms with Gasteiger partial charge in [-0.15, -0.1) is 0 Å². The van der Waals surface area contributed by atoms with E-state index >= 15 is 0 Å². The molecule has 1 amide bonds. The minimum atomic E-state index is -0.242. The molecule has 2 heterocycles. The van der Waals surface area contributed by atoms with E-state index in [1.54, 1.807) is 28.8 Å². The number of rotatable bonds is 6. The highest BCUT2D eigenvalue weighted by molar-refractivity contribution is 8.00. The van der Waals surface area contributed by atoms with Gasteiger partial charge >= 0.3 is 5.69 Å². The van der Waals surface area contributed by atoms with Crippen LogP contribution in [-0.2, 0) is 28.9 Å². The van der Waals surface area contributed by atoms with E-state index in [9.17, 15) is 9.59 Å². The van der Waals surface area contributed by atoms with Crippen molar-refractivity contribution in [3.05, 3.63) is 51.0 Å². The monoisotopic (exact) mass is 419 g/mol. The fourth-order valence-electron chi connectivity index (χ4n) is 3.78. The number of fused-ring (bicyclic) bond motifs is 1. The van der Waals surface area contributed by atoms with Crippen molar-refractivity contribution >= 4 is 35.0 Å².